The molecule has 0 radical (unpaired) electrons. The number of hydrogen-bond acceptors (Lipinski definition) is 1. The number of halogens is 1. The van der Waals surface area contributed by atoms with E-state index in [-0.39, 0.29) is 5.41 Å². The average Bonchev–Trinajstić information content (AvgIpc) is 2.25. The van der Waals surface area contributed by atoms with E-state index in [1.165, 1.54) is 11.1 Å². The highest BCUT2D eigenvalue weighted by atomic mass is 35.5. The maximum atomic E-state index is 6.27. The first-order chi connectivity index (χ1) is 6.61. The molecule has 2 rings (SSSR count). The molecule has 1 aliphatic rings. The summed E-state index contributed by atoms with van der Waals surface area (Å²) in [4.78, 5) is 0. The first kappa shape index (κ1) is 10.0. The summed E-state index contributed by atoms with van der Waals surface area (Å²) in [6, 6.07) is 6.19. The van der Waals surface area contributed by atoms with E-state index < -0.39 is 0 Å². The largest absolute Gasteiger partial charge is 0.313 e. The summed E-state index contributed by atoms with van der Waals surface area (Å²) in [6.07, 6.45) is 1.14. The molecule has 0 bridgehead atoms. The Balaban J connectivity index is 2.58. The molecular formula is C12H16ClN. The lowest BCUT2D eigenvalue weighted by Gasteiger charge is -2.26. The lowest BCUT2D eigenvalue weighted by Crippen LogP contribution is -2.20. The topological polar surface area (TPSA) is 12.0 Å². The molecule has 0 spiro atoms. The van der Waals surface area contributed by atoms with Crippen LogP contribution in [0, 0.1) is 0 Å². The average molecular weight is 210 g/mol. The summed E-state index contributed by atoms with van der Waals surface area (Å²) in [5, 5.41) is 4.34. The maximum Gasteiger partial charge on any atom is 0.0446 e. The lowest BCUT2D eigenvalue weighted by atomic mass is 9.80. The van der Waals surface area contributed by atoms with Crippen molar-refractivity contribution in [1.82, 2.24) is 5.32 Å². The van der Waals surface area contributed by atoms with Gasteiger partial charge in [0, 0.05) is 11.6 Å². The minimum Gasteiger partial charge on any atom is -0.313 e. The smallest absolute Gasteiger partial charge is 0.0446 e. The van der Waals surface area contributed by atoms with Crippen molar-refractivity contribution in [3.8, 4) is 0 Å². The van der Waals surface area contributed by atoms with Crippen molar-refractivity contribution in [1.29, 1.82) is 0 Å². The van der Waals surface area contributed by atoms with Gasteiger partial charge in [-0.2, -0.15) is 0 Å². The van der Waals surface area contributed by atoms with E-state index in [2.05, 4.69) is 25.2 Å². The molecule has 0 amide bonds. The Morgan fingerprint density at radius 1 is 1.36 bits per heavy atom. The predicted octanol–water partition coefficient (Wildman–Crippen LogP) is 3.11. The van der Waals surface area contributed by atoms with Crippen LogP contribution < -0.4 is 5.32 Å². The fourth-order valence-corrected chi connectivity index (χ4v) is 2.67. The number of fused-ring (bicyclic) bond motifs is 1. The minimum atomic E-state index is 0.192. The first-order valence-corrected chi connectivity index (χ1v) is 5.48. The molecule has 2 heteroatoms. The van der Waals surface area contributed by atoms with Crippen molar-refractivity contribution in [2.45, 2.75) is 32.2 Å². The van der Waals surface area contributed by atoms with Crippen molar-refractivity contribution >= 4 is 11.6 Å². The van der Waals surface area contributed by atoms with Crippen LogP contribution in [-0.2, 0) is 12.0 Å². The van der Waals surface area contributed by atoms with Gasteiger partial charge in [0.1, 0.15) is 0 Å². The molecule has 1 N–H and O–H groups in total. The van der Waals surface area contributed by atoms with Crippen LogP contribution in [0.2, 0.25) is 5.02 Å². The van der Waals surface area contributed by atoms with Gasteiger partial charge in [-0.05, 0) is 35.6 Å². The molecule has 1 aliphatic heterocycles. The van der Waals surface area contributed by atoms with E-state index in [0.29, 0.717) is 0 Å². The normalized spacial score (nSPS) is 19.9. The molecule has 1 aromatic carbocycles. The van der Waals surface area contributed by atoms with Gasteiger partial charge in [-0.1, -0.05) is 37.6 Å². The molecule has 0 atom stereocenters. The number of nitrogens with one attached hydrogen (secondary N) is 1. The van der Waals surface area contributed by atoms with Crippen LogP contribution in [-0.4, -0.2) is 6.54 Å². The SMILES string of the molecule is CC1(C)CCNCc2cccc(Cl)c21. The molecule has 0 aliphatic carbocycles. The molecule has 0 unspecified atom stereocenters. The Morgan fingerprint density at radius 2 is 2.14 bits per heavy atom. The van der Waals surface area contributed by atoms with E-state index in [9.17, 15) is 0 Å². The van der Waals surface area contributed by atoms with Gasteiger partial charge in [0.2, 0.25) is 0 Å². The zero-order valence-corrected chi connectivity index (χ0v) is 9.49. The van der Waals surface area contributed by atoms with Crippen molar-refractivity contribution in [2.75, 3.05) is 6.54 Å². The van der Waals surface area contributed by atoms with Crippen molar-refractivity contribution < 1.29 is 0 Å². The molecule has 0 aromatic heterocycles. The number of rotatable bonds is 0. The Labute approximate surface area is 90.5 Å². The van der Waals surface area contributed by atoms with Crippen LogP contribution in [0.15, 0.2) is 18.2 Å². The van der Waals surface area contributed by atoms with Crippen LogP contribution in [0.3, 0.4) is 0 Å². The molecule has 14 heavy (non-hydrogen) atoms. The second kappa shape index (κ2) is 3.56. The van der Waals surface area contributed by atoms with E-state index in [1.807, 2.05) is 12.1 Å². The second-order valence-corrected chi connectivity index (χ2v) is 4.99. The summed E-state index contributed by atoms with van der Waals surface area (Å²) in [6.45, 7) is 6.55. The van der Waals surface area contributed by atoms with E-state index in [4.69, 9.17) is 11.6 Å². The minimum absolute atomic E-state index is 0.192. The fraction of sp³-hybridized carbons (Fsp3) is 0.500. The molecule has 0 fully saturated rings. The quantitative estimate of drug-likeness (QED) is 0.693. The second-order valence-electron chi connectivity index (χ2n) is 4.58. The van der Waals surface area contributed by atoms with E-state index in [0.717, 1.165) is 24.5 Å². The van der Waals surface area contributed by atoms with Gasteiger partial charge in [0.15, 0.2) is 0 Å². The number of hydrogen-bond donors (Lipinski definition) is 1. The molecule has 1 heterocycles. The standard InChI is InChI=1S/C12H16ClN/c1-12(2)6-7-14-8-9-4-3-5-10(13)11(9)12/h3-5,14H,6-8H2,1-2H3. The molecule has 1 nitrogen and oxygen atoms in total. The van der Waals surface area contributed by atoms with Gasteiger partial charge < -0.3 is 5.32 Å². The zero-order valence-electron chi connectivity index (χ0n) is 8.73. The van der Waals surface area contributed by atoms with Gasteiger partial charge in [0.25, 0.3) is 0 Å². The highest BCUT2D eigenvalue weighted by Gasteiger charge is 2.27. The fourth-order valence-electron chi connectivity index (χ4n) is 2.22. The highest BCUT2D eigenvalue weighted by molar-refractivity contribution is 6.31. The summed E-state index contributed by atoms with van der Waals surface area (Å²) >= 11 is 6.27. The summed E-state index contributed by atoms with van der Waals surface area (Å²) < 4.78 is 0. The molecular weight excluding hydrogens is 194 g/mol. The maximum absolute atomic E-state index is 6.27. The monoisotopic (exact) mass is 209 g/mol. The van der Waals surface area contributed by atoms with Crippen molar-refractivity contribution in [3.63, 3.8) is 0 Å². The van der Waals surface area contributed by atoms with E-state index in [1.54, 1.807) is 0 Å². The van der Waals surface area contributed by atoms with Crippen molar-refractivity contribution in [2.24, 2.45) is 0 Å². The summed E-state index contributed by atoms with van der Waals surface area (Å²) in [5.74, 6) is 0. The first-order valence-electron chi connectivity index (χ1n) is 5.10. The lowest BCUT2D eigenvalue weighted by molar-refractivity contribution is 0.477. The highest BCUT2D eigenvalue weighted by Crippen LogP contribution is 2.36. The van der Waals surface area contributed by atoms with Crippen LogP contribution in [0.1, 0.15) is 31.4 Å². The Kier molecular flexibility index (Phi) is 2.54. The van der Waals surface area contributed by atoms with Gasteiger partial charge in [0.05, 0.1) is 0 Å². The Bertz CT molecular complexity index is 344. The third kappa shape index (κ3) is 1.67. The molecule has 1 aromatic rings. The van der Waals surface area contributed by atoms with Gasteiger partial charge in [-0.3, -0.25) is 0 Å². The van der Waals surface area contributed by atoms with Gasteiger partial charge in [-0.15, -0.1) is 0 Å². The van der Waals surface area contributed by atoms with Crippen LogP contribution in [0.25, 0.3) is 0 Å². The Hall–Kier alpha value is -0.530. The van der Waals surface area contributed by atoms with Crippen LogP contribution in [0.4, 0.5) is 0 Å². The molecule has 76 valence electrons. The van der Waals surface area contributed by atoms with Crippen LogP contribution >= 0.6 is 11.6 Å². The third-order valence-electron chi connectivity index (χ3n) is 3.02. The zero-order chi connectivity index (χ0) is 10.2. The third-order valence-corrected chi connectivity index (χ3v) is 3.33. The number of benzene rings is 1. The predicted molar refractivity (Wildman–Crippen MR) is 60.8 cm³/mol. The van der Waals surface area contributed by atoms with Gasteiger partial charge >= 0.3 is 0 Å². The summed E-state index contributed by atoms with van der Waals surface area (Å²) in [5.41, 5.74) is 2.86. The van der Waals surface area contributed by atoms with Crippen molar-refractivity contribution in [3.05, 3.63) is 34.3 Å². The summed E-state index contributed by atoms with van der Waals surface area (Å²) in [7, 11) is 0. The Morgan fingerprint density at radius 3 is 2.93 bits per heavy atom. The molecule has 0 saturated heterocycles. The molecule has 0 saturated carbocycles. The van der Waals surface area contributed by atoms with E-state index >= 15 is 0 Å². The van der Waals surface area contributed by atoms with Gasteiger partial charge in [-0.25, -0.2) is 0 Å². The van der Waals surface area contributed by atoms with Crippen LogP contribution in [0.5, 0.6) is 0 Å².